The van der Waals surface area contributed by atoms with Crippen molar-refractivity contribution in [3.05, 3.63) is 29.8 Å². The van der Waals surface area contributed by atoms with Crippen molar-refractivity contribution in [2.75, 3.05) is 13.2 Å². The molecular formula is C17H27NO. The summed E-state index contributed by atoms with van der Waals surface area (Å²) in [5, 5.41) is 3.54. The monoisotopic (exact) mass is 261 g/mol. The van der Waals surface area contributed by atoms with Gasteiger partial charge in [-0.25, -0.2) is 0 Å². The topological polar surface area (TPSA) is 21.3 Å². The molecule has 0 aromatic heterocycles. The Morgan fingerprint density at radius 3 is 2.63 bits per heavy atom. The first-order valence-corrected chi connectivity index (χ1v) is 7.53. The Kier molecular flexibility index (Phi) is 4.87. The molecule has 106 valence electrons. The van der Waals surface area contributed by atoms with E-state index in [0.29, 0.717) is 23.8 Å². The highest BCUT2D eigenvalue weighted by atomic mass is 16.5. The van der Waals surface area contributed by atoms with E-state index in [2.05, 4.69) is 57.3 Å². The van der Waals surface area contributed by atoms with E-state index in [9.17, 15) is 0 Å². The Balaban J connectivity index is 1.88. The number of ether oxygens (including phenoxy) is 1. The molecule has 1 aromatic carbocycles. The molecule has 3 atom stereocenters. The van der Waals surface area contributed by atoms with Crippen molar-refractivity contribution in [3.63, 3.8) is 0 Å². The van der Waals surface area contributed by atoms with Crippen LogP contribution >= 0.6 is 0 Å². The zero-order valence-electron chi connectivity index (χ0n) is 12.6. The van der Waals surface area contributed by atoms with Gasteiger partial charge in [0.2, 0.25) is 0 Å². The maximum absolute atomic E-state index is 5.77. The molecule has 0 saturated heterocycles. The quantitative estimate of drug-likeness (QED) is 0.840. The lowest BCUT2D eigenvalue weighted by Crippen LogP contribution is -2.31. The molecule has 2 nitrogen and oxygen atoms in total. The lowest BCUT2D eigenvalue weighted by molar-refractivity contribution is 0.276. The molecule has 0 spiro atoms. The minimum Gasteiger partial charge on any atom is -0.493 e. The van der Waals surface area contributed by atoms with Crippen LogP contribution in [0.25, 0.3) is 0 Å². The summed E-state index contributed by atoms with van der Waals surface area (Å²) in [6, 6.07) is 9.06. The normalized spacial score (nSPS) is 21.0. The lowest BCUT2D eigenvalue weighted by atomic mass is 9.84. The molecule has 0 bridgehead atoms. The van der Waals surface area contributed by atoms with Gasteiger partial charge in [0.25, 0.3) is 0 Å². The molecule has 0 saturated carbocycles. The van der Waals surface area contributed by atoms with E-state index in [1.165, 1.54) is 12.0 Å². The minimum absolute atomic E-state index is 0.574. The van der Waals surface area contributed by atoms with Crippen molar-refractivity contribution in [2.24, 2.45) is 11.8 Å². The van der Waals surface area contributed by atoms with Gasteiger partial charge < -0.3 is 10.1 Å². The number of fused-ring (bicyclic) bond motifs is 1. The highest BCUT2D eigenvalue weighted by Gasteiger charge is 2.26. The van der Waals surface area contributed by atoms with Gasteiger partial charge in [-0.05, 0) is 30.9 Å². The van der Waals surface area contributed by atoms with Crippen LogP contribution in [0.15, 0.2) is 24.3 Å². The first-order valence-electron chi connectivity index (χ1n) is 7.53. The second-order valence-electron chi connectivity index (χ2n) is 6.30. The molecule has 3 unspecified atom stereocenters. The fourth-order valence-electron chi connectivity index (χ4n) is 2.73. The summed E-state index contributed by atoms with van der Waals surface area (Å²) >= 11 is 0. The van der Waals surface area contributed by atoms with Gasteiger partial charge in [-0.3, -0.25) is 0 Å². The number of hydrogen-bond acceptors (Lipinski definition) is 2. The van der Waals surface area contributed by atoms with Crippen LogP contribution in [0.5, 0.6) is 5.75 Å². The Bertz CT molecular complexity index is 402. The second-order valence-corrected chi connectivity index (χ2v) is 6.30. The summed E-state index contributed by atoms with van der Waals surface area (Å²) in [7, 11) is 0. The summed E-state index contributed by atoms with van der Waals surface area (Å²) < 4.78 is 5.77. The third kappa shape index (κ3) is 3.73. The van der Waals surface area contributed by atoms with Crippen LogP contribution < -0.4 is 10.1 Å². The van der Waals surface area contributed by atoms with Gasteiger partial charge in [0.05, 0.1) is 6.61 Å². The largest absolute Gasteiger partial charge is 0.493 e. The number of rotatable bonds is 6. The maximum Gasteiger partial charge on any atom is 0.122 e. The third-order valence-corrected chi connectivity index (χ3v) is 4.27. The van der Waals surface area contributed by atoms with Gasteiger partial charge in [0, 0.05) is 17.5 Å². The van der Waals surface area contributed by atoms with E-state index < -0.39 is 0 Å². The molecule has 2 rings (SSSR count). The molecule has 0 radical (unpaired) electrons. The fourth-order valence-corrected chi connectivity index (χ4v) is 2.73. The number of hydrogen-bond donors (Lipinski definition) is 1. The molecule has 0 amide bonds. The van der Waals surface area contributed by atoms with E-state index in [1.807, 2.05) is 0 Å². The van der Waals surface area contributed by atoms with Crippen molar-refractivity contribution >= 4 is 0 Å². The van der Waals surface area contributed by atoms with E-state index >= 15 is 0 Å². The van der Waals surface area contributed by atoms with Crippen LogP contribution in [-0.4, -0.2) is 19.2 Å². The summed E-state index contributed by atoms with van der Waals surface area (Å²) in [6.45, 7) is 11.1. The van der Waals surface area contributed by atoms with E-state index in [1.54, 1.807) is 0 Å². The van der Waals surface area contributed by atoms with Gasteiger partial charge in [-0.1, -0.05) is 45.9 Å². The summed E-state index contributed by atoms with van der Waals surface area (Å²) in [4.78, 5) is 0. The van der Waals surface area contributed by atoms with Crippen LogP contribution in [0, 0.1) is 11.8 Å². The molecule has 1 heterocycles. The summed E-state index contributed by atoms with van der Waals surface area (Å²) in [5.74, 6) is 3.08. The smallest absolute Gasteiger partial charge is 0.122 e. The van der Waals surface area contributed by atoms with Crippen LogP contribution in [0.2, 0.25) is 0 Å². The van der Waals surface area contributed by atoms with Gasteiger partial charge in [-0.2, -0.15) is 0 Å². The molecule has 2 heteroatoms. The van der Waals surface area contributed by atoms with Crippen molar-refractivity contribution in [2.45, 2.75) is 46.1 Å². The van der Waals surface area contributed by atoms with E-state index in [4.69, 9.17) is 4.74 Å². The average molecular weight is 261 g/mol. The average Bonchev–Trinajstić information content (AvgIpc) is 2.79. The molecule has 0 aliphatic carbocycles. The fraction of sp³-hybridized carbons (Fsp3) is 0.647. The van der Waals surface area contributed by atoms with Crippen molar-refractivity contribution in [1.29, 1.82) is 0 Å². The predicted molar refractivity (Wildman–Crippen MR) is 80.8 cm³/mol. The van der Waals surface area contributed by atoms with Crippen LogP contribution in [-0.2, 0) is 0 Å². The van der Waals surface area contributed by atoms with Crippen LogP contribution in [0.4, 0.5) is 0 Å². The third-order valence-electron chi connectivity index (χ3n) is 4.27. The Hall–Kier alpha value is -1.02. The summed E-state index contributed by atoms with van der Waals surface area (Å²) in [5.41, 5.74) is 1.40. The van der Waals surface area contributed by atoms with Gasteiger partial charge >= 0.3 is 0 Å². The highest BCUT2D eigenvalue weighted by molar-refractivity contribution is 5.39. The molecule has 1 N–H and O–H groups in total. The predicted octanol–water partition coefficient (Wildman–Crippen LogP) is 3.82. The van der Waals surface area contributed by atoms with Gasteiger partial charge in [0.1, 0.15) is 5.75 Å². The first kappa shape index (κ1) is 14.4. The maximum atomic E-state index is 5.77. The Morgan fingerprint density at radius 1 is 1.16 bits per heavy atom. The lowest BCUT2D eigenvalue weighted by Gasteiger charge is -2.24. The highest BCUT2D eigenvalue weighted by Crippen LogP contribution is 2.38. The minimum atomic E-state index is 0.574. The summed E-state index contributed by atoms with van der Waals surface area (Å²) in [6.07, 6.45) is 1.22. The Labute approximate surface area is 117 Å². The van der Waals surface area contributed by atoms with Crippen LogP contribution in [0.3, 0.4) is 0 Å². The first-order chi connectivity index (χ1) is 9.08. The molecule has 0 fully saturated rings. The molecule has 1 aliphatic rings. The van der Waals surface area contributed by atoms with Gasteiger partial charge in [-0.15, -0.1) is 0 Å². The van der Waals surface area contributed by atoms with E-state index in [0.717, 1.165) is 18.9 Å². The van der Waals surface area contributed by atoms with Crippen molar-refractivity contribution in [1.82, 2.24) is 5.32 Å². The Morgan fingerprint density at radius 2 is 1.89 bits per heavy atom. The second kappa shape index (κ2) is 6.42. The SMILES string of the molecule is CC(C)NCC(C)C(C)CC1COc2ccccc21. The molecule has 1 aromatic rings. The van der Waals surface area contributed by atoms with E-state index in [-0.39, 0.29) is 0 Å². The number of para-hydroxylation sites is 1. The van der Waals surface area contributed by atoms with Gasteiger partial charge in [0.15, 0.2) is 0 Å². The zero-order chi connectivity index (χ0) is 13.8. The molecule has 1 aliphatic heterocycles. The van der Waals surface area contributed by atoms with Crippen molar-refractivity contribution < 1.29 is 4.74 Å². The zero-order valence-corrected chi connectivity index (χ0v) is 12.6. The molecule has 19 heavy (non-hydrogen) atoms. The van der Waals surface area contributed by atoms with Crippen molar-refractivity contribution in [3.8, 4) is 5.75 Å². The molecular weight excluding hydrogens is 234 g/mol. The standard InChI is InChI=1S/C17H27NO/c1-12(2)18-10-14(4)13(3)9-15-11-19-17-8-6-5-7-16(15)17/h5-8,12-15,18H,9-11H2,1-4H3. The number of benzene rings is 1. The number of nitrogens with one attached hydrogen (secondary N) is 1. The van der Waals surface area contributed by atoms with Crippen LogP contribution in [0.1, 0.15) is 45.6 Å².